The van der Waals surface area contributed by atoms with Crippen molar-refractivity contribution in [1.29, 1.82) is 0 Å². The first-order valence-corrected chi connectivity index (χ1v) is 8.02. The van der Waals surface area contributed by atoms with E-state index in [1.54, 1.807) is 0 Å². The molecule has 1 saturated carbocycles. The largest absolute Gasteiger partial charge is 0.271 e. The molecular formula is C16H25BrN2. The molecule has 2 nitrogen and oxygen atoms in total. The minimum atomic E-state index is 0.250. The van der Waals surface area contributed by atoms with Crippen LogP contribution in [0.5, 0.6) is 0 Å². The van der Waals surface area contributed by atoms with Crippen LogP contribution >= 0.6 is 15.9 Å². The second-order valence-electron chi connectivity index (χ2n) is 6.35. The van der Waals surface area contributed by atoms with Gasteiger partial charge in [-0.2, -0.15) is 0 Å². The summed E-state index contributed by atoms with van der Waals surface area (Å²) in [5, 5.41) is 0. The van der Waals surface area contributed by atoms with Crippen LogP contribution in [0.3, 0.4) is 0 Å². The van der Waals surface area contributed by atoms with Crippen molar-refractivity contribution in [3.05, 3.63) is 33.8 Å². The van der Waals surface area contributed by atoms with E-state index in [-0.39, 0.29) is 6.04 Å². The number of hydrogen-bond acceptors (Lipinski definition) is 2. The lowest BCUT2D eigenvalue weighted by Crippen LogP contribution is -2.37. The lowest BCUT2D eigenvalue weighted by molar-refractivity contribution is 0.176. The number of benzene rings is 1. The van der Waals surface area contributed by atoms with Gasteiger partial charge in [-0.15, -0.1) is 0 Å². The summed E-state index contributed by atoms with van der Waals surface area (Å²) in [6.07, 6.45) is 3.88. The van der Waals surface area contributed by atoms with Crippen molar-refractivity contribution in [3.63, 3.8) is 0 Å². The van der Waals surface area contributed by atoms with Crippen LogP contribution in [0.25, 0.3) is 0 Å². The molecule has 0 saturated heterocycles. The second-order valence-corrected chi connectivity index (χ2v) is 7.20. The molecule has 3 atom stereocenters. The Hall–Kier alpha value is -0.380. The third-order valence-electron chi connectivity index (χ3n) is 4.35. The summed E-state index contributed by atoms with van der Waals surface area (Å²) >= 11 is 3.67. The Bertz CT molecular complexity index is 423. The topological polar surface area (TPSA) is 38.0 Å². The number of hydrogen-bond donors (Lipinski definition) is 2. The van der Waals surface area contributed by atoms with Crippen molar-refractivity contribution >= 4 is 15.9 Å². The number of nitrogens with one attached hydrogen (secondary N) is 1. The van der Waals surface area contributed by atoms with E-state index in [0.717, 1.165) is 16.3 Å². The Balaban J connectivity index is 2.26. The Labute approximate surface area is 125 Å². The van der Waals surface area contributed by atoms with Gasteiger partial charge in [-0.05, 0) is 55.6 Å². The molecule has 0 aromatic heterocycles. The average molecular weight is 325 g/mol. The molecule has 3 unspecified atom stereocenters. The van der Waals surface area contributed by atoms with Crippen LogP contribution in [0, 0.1) is 24.7 Å². The standard InChI is InChI=1S/C16H25BrN2/c1-10-4-5-15(17)14(9-10)16(19-18)13-7-11(2)6-12(3)8-13/h4-5,9,11-13,16,19H,6-8,18H2,1-3H3. The molecule has 3 heteroatoms. The van der Waals surface area contributed by atoms with Crippen LogP contribution < -0.4 is 11.3 Å². The van der Waals surface area contributed by atoms with Crippen LogP contribution in [0.4, 0.5) is 0 Å². The predicted octanol–water partition coefficient (Wildman–Crippen LogP) is 4.33. The molecule has 0 amide bonds. The summed E-state index contributed by atoms with van der Waals surface area (Å²) in [5.41, 5.74) is 5.65. The molecule has 0 heterocycles. The van der Waals surface area contributed by atoms with Crippen molar-refractivity contribution in [2.75, 3.05) is 0 Å². The monoisotopic (exact) mass is 324 g/mol. The SMILES string of the molecule is Cc1ccc(Br)c(C(NN)C2CC(C)CC(C)C2)c1. The number of nitrogens with two attached hydrogens (primary N) is 1. The Morgan fingerprint density at radius 1 is 1.21 bits per heavy atom. The van der Waals surface area contributed by atoms with E-state index in [1.165, 1.54) is 30.4 Å². The molecule has 3 N–H and O–H groups in total. The third-order valence-corrected chi connectivity index (χ3v) is 5.07. The molecule has 0 aliphatic heterocycles. The molecule has 106 valence electrons. The summed E-state index contributed by atoms with van der Waals surface area (Å²) in [4.78, 5) is 0. The maximum Gasteiger partial charge on any atom is 0.0499 e. The van der Waals surface area contributed by atoms with Gasteiger partial charge >= 0.3 is 0 Å². The summed E-state index contributed by atoms with van der Waals surface area (Å²) < 4.78 is 1.16. The Morgan fingerprint density at radius 3 is 2.42 bits per heavy atom. The molecule has 1 aliphatic carbocycles. The quantitative estimate of drug-likeness (QED) is 0.641. The van der Waals surface area contributed by atoms with Crippen molar-refractivity contribution < 1.29 is 0 Å². The summed E-state index contributed by atoms with van der Waals surface area (Å²) in [6, 6.07) is 6.76. The zero-order valence-corrected chi connectivity index (χ0v) is 13.7. The fourth-order valence-electron chi connectivity index (χ4n) is 3.66. The third kappa shape index (κ3) is 3.59. The molecule has 1 aromatic rings. The van der Waals surface area contributed by atoms with Crippen molar-refractivity contribution in [3.8, 4) is 0 Å². The normalized spacial score (nSPS) is 29.2. The lowest BCUT2D eigenvalue weighted by Gasteiger charge is -2.36. The fourth-order valence-corrected chi connectivity index (χ4v) is 4.16. The smallest absolute Gasteiger partial charge is 0.0499 e. The molecule has 0 radical (unpaired) electrons. The highest BCUT2D eigenvalue weighted by Crippen LogP contribution is 2.41. The van der Waals surface area contributed by atoms with Crippen LogP contribution in [0.15, 0.2) is 22.7 Å². The lowest BCUT2D eigenvalue weighted by atomic mass is 9.72. The van der Waals surface area contributed by atoms with Crippen molar-refractivity contribution in [2.45, 2.75) is 46.1 Å². The Morgan fingerprint density at radius 2 is 1.84 bits per heavy atom. The molecule has 0 spiro atoms. The number of aryl methyl sites for hydroxylation is 1. The summed E-state index contributed by atoms with van der Waals surface area (Å²) in [5.74, 6) is 8.10. The van der Waals surface area contributed by atoms with Gasteiger partial charge in [-0.3, -0.25) is 11.3 Å². The minimum Gasteiger partial charge on any atom is -0.271 e. The first-order valence-electron chi connectivity index (χ1n) is 7.23. The highest BCUT2D eigenvalue weighted by molar-refractivity contribution is 9.10. The maximum atomic E-state index is 5.87. The van der Waals surface area contributed by atoms with E-state index >= 15 is 0 Å². The van der Waals surface area contributed by atoms with E-state index in [0.29, 0.717) is 5.92 Å². The van der Waals surface area contributed by atoms with E-state index < -0.39 is 0 Å². The van der Waals surface area contributed by atoms with Gasteiger partial charge in [0, 0.05) is 10.5 Å². The summed E-state index contributed by atoms with van der Waals surface area (Å²) in [6.45, 7) is 6.86. The van der Waals surface area contributed by atoms with Crippen LogP contribution in [0.2, 0.25) is 0 Å². The summed E-state index contributed by atoms with van der Waals surface area (Å²) in [7, 11) is 0. The van der Waals surface area contributed by atoms with E-state index in [1.807, 2.05) is 0 Å². The highest BCUT2D eigenvalue weighted by atomic mass is 79.9. The van der Waals surface area contributed by atoms with E-state index in [2.05, 4.69) is 60.3 Å². The van der Waals surface area contributed by atoms with E-state index in [9.17, 15) is 0 Å². The average Bonchev–Trinajstić information content (AvgIpc) is 2.33. The van der Waals surface area contributed by atoms with Crippen LogP contribution in [0.1, 0.15) is 50.3 Å². The van der Waals surface area contributed by atoms with Gasteiger partial charge in [0.05, 0.1) is 0 Å². The molecular weight excluding hydrogens is 300 g/mol. The minimum absolute atomic E-state index is 0.250. The molecule has 19 heavy (non-hydrogen) atoms. The van der Waals surface area contributed by atoms with Gasteiger partial charge < -0.3 is 0 Å². The number of hydrazine groups is 1. The maximum absolute atomic E-state index is 5.87. The molecule has 0 bridgehead atoms. The predicted molar refractivity (Wildman–Crippen MR) is 84.6 cm³/mol. The molecule has 1 aromatic carbocycles. The molecule has 1 fully saturated rings. The zero-order chi connectivity index (χ0) is 14.0. The Kier molecular flexibility index (Phi) is 5.04. The van der Waals surface area contributed by atoms with Gasteiger partial charge in [0.25, 0.3) is 0 Å². The van der Waals surface area contributed by atoms with Gasteiger partial charge in [0.2, 0.25) is 0 Å². The highest BCUT2D eigenvalue weighted by Gasteiger charge is 2.31. The van der Waals surface area contributed by atoms with Gasteiger partial charge in [0.1, 0.15) is 0 Å². The van der Waals surface area contributed by atoms with E-state index in [4.69, 9.17) is 5.84 Å². The van der Waals surface area contributed by atoms with Crippen LogP contribution in [-0.4, -0.2) is 0 Å². The fraction of sp³-hybridized carbons (Fsp3) is 0.625. The van der Waals surface area contributed by atoms with Gasteiger partial charge in [-0.1, -0.05) is 47.5 Å². The molecule has 1 aliphatic rings. The first-order chi connectivity index (χ1) is 9.01. The van der Waals surface area contributed by atoms with Crippen molar-refractivity contribution in [1.82, 2.24) is 5.43 Å². The molecule has 2 rings (SSSR count). The number of halogens is 1. The second kappa shape index (κ2) is 6.38. The van der Waals surface area contributed by atoms with Gasteiger partial charge in [0.15, 0.2) is 0 Å². The first kappa shape index (κ1) is 15.0. The zero-order valence-electron chi connectivity index (χ0n) is 12.1. The van der Waals surface area contributed by atoms with Crippen molar-refractivity contribution in [2.24, 2.45) is 23.6 Å². The number of rotatable bonds is 3. The van der Waals surface area contributed by atoms with Gasteiger partial charge in [-0.25, -0.2) is 0 Å². The van der Waals surface area contributed by atoms with Crippen LogP contribution in [-0.2, 0) is 0 Å².